The molecule has 2 saturated heterocycles. The fraction of sp³-hybridized carbons (Fsp3) is 0.494. The number of carbonyl (C=O) groups excluding carboxylic acids is 8. The Morgan fingerprint density at radius 3 is 1.17 bits per heavy atom. The van der Waals surface area contributed by atoms with E-state index in [2.05, 4.69) is 115 Å². The third-order valence-electron chi connectivity index (χ3n) is 20.8. The molecule has 4 atom stereocenters. The number of carboxylic acid groups (broad SMARTS) is 2. The number of hydrogen-bond acceptors (Lipinski definition) is 20. The summed E-state index contributed by atoms with van der Waals surface area (Å²) in [4.78, 5) is 141. The lowest BCUT2D eigenvalue weighted by Gasteiger charge is -2.38. The van der Waals surface area contributed by atoms with Crippen molar-refractivity contribution in [1.82, 2.24) is 19.6 Å². The smallest absolute Gasteiger partial charge is 0.412 e. The minimum atomic E-state index is -2.19. The summed E-state index contributed by atoms with van der Waals surface area (Å²) in [6, 6.07) is 16.0. The molecule has 616 valence electrons. The van der Waals surface area contributed by atoms with Crippen molar-refractivity contribution in [3.05, 3.63) is 146 Å². The van der Waals surface area contributed by atoms with Crippen molar-refractivity contribution >= 4 is 98.7 Å². The predicted octanol–water partition coefficient (Wildman–Crippen LogP) is 13.9. The van der Waals surface area contributed by atoms with E-state index in [1.54, 1.807) is 80.3 Å². The number of likely N-dealkylation sites (tertiary alicyclic amines) is 2. The maximum absolute atomic E-state index is 14.7. The second kappa shape index (κ2) is 43.3. The van der Waals surface area contributed by atoms with Crippen molar-refractivity contribution in [3.8, 4) is 23.0 Å². The molecule has 6 amide bonds. The van der Waals surface area contributed by atoms with E-state index in [0.717, 1.165) is 25.7 Å². The number of carboxylic acids is 2. The number of ether oxygens (including phenoxy) is 6. The maximum Gasteiger partial charge on any atom is 0.412 e. The van der Waals surface area contributed by atoms with E-state index in [-0.39, 0.29) is 169 Å². The van der Waals surface area contributed by atoms with E-state index in [0.29, 0.717) is 56.7 Å². The van der Waals surface area contributed by atoms with Crippen molar-refractivity contribution in [1.29, 1.82) is 0 Å². The highest BCUT2D eigenvalue weighted by Crippen LogP contribution is 2.41. The molecule has 2 fully saturated rings. The number of Topliss-reactive ketones (excluding diaryl/α,β-unsaturated/α-hetero) is 2. The van der Waals surface area contributed by atoms with Crippen LogP contribution in [-0.4, -0.2) is 210 Å². The Balaban J connectivity index is 1.18. The molecule has 0 aromatic heterocycles. The van der Waals surface area contributed by atoms with Gasteiger partial charge in [0.2, 0.25) is 11.6 Å². The number of methoxy groups -OCH3 is 2. The lowest BCUT2D eigenvalue weighted by molar-refractivity contribution is -0.140. The minimum Gasteiger partial charge on any atom is -0.496 e. The number of hydrogen-bond donors (Lipinski definition) is 6. The molecule has 6 rings (SSSR count). The van der Waals surface area contributed by atoms with Crippen LogP contribution in [0.15, 0.2) is 123 Å². The molecule has 2 aliphatic rings. The van der Waals surface area contributed by atoms with Gasteiger partial charge in [0.05, 0.1) is 87.3 Å². The van der Waals surface area contributed by atoms with Crippen LogP contribution in [0.25, 0.3) is 0 Å². The first-order chi connectivity index (χ1) is 53.5. The Hall–Kier alpha value is -9.99. The lowest BCUT2D eigenvalue weighted by Crippen LogP contribution is -2.46. The summed E-state index contributed by atoms with van der Waals surface area (Å²) in [5, 5.41) is 29.4. The number of anilines is 4. The van der Waals surface area contributed by atoms with Crippen molar-refractivity contribution in [2.45, 2.75) is 186 Å². The SMILES string of the molecule is C=CCN(CC=C)[C@@H](CCC(=O)O)C(=O)C(=O)Nc1ccc(COC(=O)Nc2cc(C(=O)N3CCCC3CO[Si](C)(C)C(C)(C)C)c(OC)cc2OCCCCCOc2cc(OC)c(C(=O)N3CCC[C@H]3CO[Si](C)(C)C(C)(C)C)cc2NC(=O)OCc2ccc(NC(=O)C(=O)[C@H](CCC(=O)O)N(CC=C)CC=C)cc2)cc1. The van der Waals surface area contributed by atoms with Gasteiger partial charge in [0.25, 0.3) is 23.6 Å². The molecular formula is C83H116N8O20Si2. The van der Waals surface area contributed by atoms with Crippen LogP contribution in [0.5, 0.6) is 23.0 Å². The Morgan fingerprint density at radius 2 is 0.858 bits per heavy atom. The van der Waals surface area contributed by atoms with E-state index in [9.17, 15) is 58.2 Å². The summed E-state index contributed by atoms with van der Waals surface area (Å²) in [5.41, 5.74) is 2.08. The average molecular weight is 1600 g/mol. The third kappa shape index (κ3) is 27.1. The molecule has 4 aromatic carbocycles. The van der Waals surface area contributed by atoms with Gasteiger partial charge in [-0.25, -0.2) is 9.59 Å². The van der Waals surface area contributed by atoms with Crippen LogP contribution in [0.3, 0.4) is 0 Å². The van der Waals surface area contributed by atoms with Gasteiger partial charge in [-0.3, -0.25) is 58.8 Å². The highest BCUT2D eigenvalue weighted by Gasteiger charge is 2.42. The second-order valence-electron chi connectivity index (χ2n) is 31.0. The molecule has 2 heterocycles. The van der Waals surface area contributed by atoms with Gasteiger partial charge in [0.1, 0.15) is 36.2 Å². The van der Waals surface area contributed by atoms with Crippen LogP contribution in [-0.2, 0) is 60.3 Å². The van der Waals surface area contributed by atoms with Crippen LogP contribution >= 0.6 is 0 Å². The molecule has 113 heavy (non-hydrogen) atoms. The molecule has 6 N–H and O–H groups in total. The first kappa shape index (κ1) is 91.9. The van der Waals surface area contributed by atoms with E-state index in [1.165, 1.54) is 50.6 Å². The van der Waals surface area contributed by atoms with E-state index >= 15 is 0 Å². The molecule has 0 radical (unpaired) electrons. The zero-order chi connectivity index (χ0) is 83.4. The number of unbranched alkanes of at least 4 members (excludes halogenated alkanes) is 2. The normalized spacial score (nSPS) is 14.9. The van der Waals surface area contributed by atoms with Crippen molar-refractivity contribution in [2.75, 3.05) is 101 Å². The summed E-state index contributed by atoms with van der Waals surface area (Å²) in [6.45, 7) is 38.7. The molecule has 0 saturated carbocycles. The highest BCUT2D eigenvalue weighted by molar-refractivity contribution is 6.74. The summed E-state index contributed by atoms with van der Waals surface area (Å²) < 4.78 is 49.1. The molecule has 2 aliphatic heterocycles. The molecule has 30 heteroatoms. The molecule has 4 aromatic rings. The first-order valence-corrected chi connectivity index (χ1v) is 44.0. The lowest BCUT2D eigenvalue weighted by atomic mass is 10.0. The monoisotopic (exact) mass is 1600 g/mol. The molecule has 0 bridgehead atoms. The summed E-state index contributed by atoms with van der Waals surface area (Å²) in [7, 11) is -1.51. The van der Waals surface area contributed by atoms with Gasteiger partial charge >= 0.3 is 24.1 Å². The van der Waals surface area contributed by atoms with Gasteiger partial charge in [-0.15, -0.1) is 26.3 Å². The number of aliphatic carboxylic acids is 2. The fourth-order valence-corrected chi connectivity index (χ4v) is 14.4. The Morgan fingerprint density at radius 1 is 0.513 bits per heavy atom. The first-order valence-electron chi connectivity index (χ1n) is 38.2. The predicted molar refractivity (Wildman–Crippen MR) is 438 cm³/mol. The van der Waals surface area contributed by atoms with Crippen molar-refractivity contribution in [3.63, 3.8) is 0 Å². The highest BCUT2D eigenvalue weighted by atomic mass is 28.4. The zero-order valence-corrected chi connectivity index (χ0v) is 69.7. The molecular weight excluding hydrogens is 1490 g/mol. The summed E-state index contributed by atoms with van der Waals surface area (Å²) in [5.74, 6) is -5.75. The summed E-state index contributed by atoms with van der Waals surface area (Å²) in [6.07, 6.45) is 7.87. The second-order valence-corrected chi connectivity index (χ2v) is 40.6. The van der Waals surface area contributed by atoms with Gasteiger partial charge in [0.15, 0.2) is 16.6 Å². The quantitative estimate of drug-likeness (QED) is 0.0104. The maximum atomic E-state index is 14.7. The Bertz CT molecular complexity index is 3730. The van der Waals surface area contributed by atoms with E-state index in [1.807, 2.05) is 0 Å². The van der Waals surface area contributed by atoms with Gasteiger partial charge in [-0.2, -0.15) is 0 Å². The topological polar surface area (TPSA) is 346 Å². The number of rotatable bonds is 46. The number of ketones is 2. The van der Waals surface area contributed by atoms with Gasteiger partial charge in [-0.05, 0) is 142 Å². The van der Waals surface area contributed by atoms with E-state index < -0.39 is 76.2 Å². The van der Waals surface area contributed by atoms with E-state index in [4.69, 9.17) is 37.3 Å². The third-order valence-corrected chi connectivity index (χ3v) is 29.8. The number of carbonyl (C=O) groups is 10. The van der Waals surface area contributed by atoms with Crippen LogP contribution in [0, 0.1) is 0 Å². The number of nitrogens with one attached hydrogen (secondary N) is 4. The van der Waals surface area contributed by atoms with Gasteiger partial charge in [0, 0.05) is 75.6 Å². The number of benzene rings is 4. The van der Waals surface area contributed by atoms with Crippen molar-refractivity contribution in [2.24, 2.45) is 0 Å². The average Bonchev–Trinajstić information content (AvgIpc) is 1.79. The zero-order valence-electron chi connectivity index (χ0n) is 67.7. The largest absolute Gasteiger partial charge is 0.496 e. The molecule has 28 nitrogen and oxygen atoms in total. The standard InChI is InChI=1S/C83H116N8O20Si2/c1-17-40-88(41-18-2)66(36-38-72(92)93)74(96)76(98)84-58-32-28-56(29-33-58)52-108-80(102)86-64-48-62(78(100)90-44-24-26-60(90)54-110-112(13,14)82(5,6)7)68(104-11)50-70(64)106-46-22-21-23-47-107-71-51-69(105-12)63(79(101)91-45-25-27-61(91)55-111-113(15,16)83(8,9)10)49-65(71)87-81(103)109-53-57-30-34-59(35-31-57)85-77(99)75(97)67(37-39-73(94)95)89(42-19-3)43-20-4/h17-20,28-35,48-51,60-61,66-67H,1-4,21-27,36-47,52-55H2,5-16H3,(H,84,98)(H,85,99)(H,86,102)(H,87,103)(H,92,93)(H,94,95)/t60-,61?,66-,67-/m0/s1. The summed E-state index contributed by atoms with van der Waals surface area (Å²) >= 11 is 0. The molecule has 1 unspecified atom stereocenters. The fourth-order valence-electron chi connectivity index (χ4n) is 12.3. The Labute approximate surface area is 666 Å². The Kier molecular flexibility index (Phi) is 35.2. The van der Waals surface area contributed by atoms with Crippen LogP contribution in [0.4, 0.5) is 32.3 Å². The number of nitrogens with zero attached hydrogens (tertiary/aromatic N) is 4. The molecule has 0 aliphatic carbocycles. The van der Waals surface area contributed by atoms with Crippen molar-refractivity contribution < 1.29 is 95.4 Å². The van der Waals surface area contributed by atoms with Crippen LogP contribution in [0.2, 0.25) is 36.3 Å². The van der Waals surface area contributed by atoms with Gasteiger partial charge < -0.3 is 67.9 Å². The van der Waals surface area contributed by atoms with Crippen LogP contribution in [0.1, 0.15) is 144 Å². The van der Waals surface area contributed by atoms with Gasteiger partial charge in [-0.1, -0.05) is 90.1 Å². The molecule has 0 spiro atoms. The number of amides is 6. The minimum absolute atomic E-state index is 0.0588. The van der Waals surface area contributed by atoms with Crippen LogP contribution < -0.4 is 40.2 Å².